The maximum Gasteiger partial charge on any atom is 0.329 e. The zero-order valence-corrected chi connectivity index (χ0v) is 11.3. The number of nitrogens with one attached hydrogen (secondary N) is 1. The van der Waals surface area contributed by atoms with E-state index >= 15 is 0 Å². The molecule has 0 amide bonds. The van der Waals surface area contributed by atoms with E-state index in [1.54, 1.807) is 19.9 Å². The number of carboxylic acid groups (broad SMARTS) is 1. The van der Waals surface area contributed by atoms with E-state index in [0.717, 1.165) is 0 Å². The Kier molecular flexibility index (Phi) is 4.47. The molecule has 0 radical (unpaired) electrons. The highest BCUT2D eigenvalue weighted by Crippen LogP contribution is 2.25. The molecule has 1 rings (SSSR count). The number of nitro benzene ring substituents is 1. The van der Waals surface area contributed by atoms with E-state index in [-0.39, 0.29) is 5.69 Å². The number of rotatable bonds is 6. The van der Waals surface area contributed by atoms with Crippen molar-refractivity contribution >= 4 is 17.3 Å². The third kappa shape index (κ3) is 3.67. The predicted octanol–water partition coefficient (Wildman–Crippen LogP) is 2.96. The number of carboxylic acids is 1. The van der Waals surface area contributed by atoms with Crippen LogP contribution in [0.3, 0.4) is 0 Å². The number of aryl methyl sites for hydroxylation is 1. The normalized spacial score (nSPS) is 13.6. The van der Waals surface area contributed by atoms with Gasteiger partial charge in [0.05, 0.1) is 4.92 Å². The van der Waals surface area contributed by atoms with Crippen LogP contribution in [0.25, 0.3) is 0 Å². The van der Waals surface area contributed by atoms with Gasteiger partial charge in [-0.25, -0.2) is 4.79 Å². The second-order valence-corrected chi connectivity index (χ2v) is 4.83. The van der Waals surface area contributed by atoms with E-state index in [9.17, 15) is 20.0 Å². The van der Waals surface area contributed by atoms with Crippen LogP contribution in [0.5, 0.6) is 0 Å². The Morgan fingerprint density at radius 1 is 1.47 bits per heavy atom. The van der Waals surface area contributed by atoms with Crippen LogP contribution < -0.4 is 5.32 Å². The number of benzene rings is 1. The van der Waals surface area contributed by atoms with Crippen LogP contribution in [-0.4, -0.2) is 21.5 Å². The predicted molar refractivity (Wildman–Crippen MR) is 72.4 cm³/mol. The van der Waals surface area contributed by atoms with Gasteiger partial charge in [0, 0.05) is 17.8 Å². The van der Waals surface area contributed by atoms with Gasteiger partial charge in [0.2, 0.25) is 0 Å². The van der Waals surface area contributed by atoms with Gasteiger partial charge in [-0.2, -0.15) is 0 Å². The van der Waals surface area contributed by atoms with Gasteiger partial charge in [-0.15, -0.1) is 0 Å². The van der Waals surface area contributed by atoms with Gasteiger partial charge in [0.15, 0.2) is 0 Å². The molecule has 1 unspecified atom stereocenters. The molecule has 1 aromatic rings. The van der Waals surface area contributed by atoms with Gasteiger partial charge in [-0.3, -0.25) is 10.1 Å². The minimum atomic E-state index is -1.13. The molecule has 0 saturated heterocycles. The highest BCUT2D eigenvalue weighted by atomic mass is 16.6. The van der Waals surface area contributed by atoms with Crippen molar-refractivity contribution in [2.75, 3.05) is 5.32 Å². The first-order chi connectivity index (χ1) is 8.78. The zero-order chi connectivity index (χ0) is 14.6. The molecule has 0 aromatic heterocycles. The van der Waals surface area contributed by atoms with E-state index in [2.05, 4.69) is 5.32 Å². The highest BCUT2D eigenvalue weighted by molar-refractivity contribution is 5.82. The van der Waals surface area contributed by atoms with Gasteiger partial charge in [0.1, 0.15) is 5.54 Å². The van der Waals surface area contributed by atoms with Crippen molar-refractivity contribution in [3.05, 3.63) is 33.9 Å². The number of hydrogen-bond donors (Lipinski definition) is 2. The number of anilines is 1. The van der Waals surface area contributed by atoms with Crippen LogP contribution in [0.4, 0.5) is 11.4 Å². The van der Waals surface area contributed by atoms with Gasteiger partial charge in [0.25, 0.3) is 5.69 Å². The average molecular weight is 266 g/mol. The highest BCUT2D eigenvalue weighted by Gasteiger charge is 2.32. The smallest absolute Gasteiger partial charge is 0.329 e. The molecule has 19 heavy (non-hydrogen) atoms. The number of aliphatic carboxylic acids is 1. The van der Waals surface area contributed by atoms with Crippen molar-refractivity contribution in [2.24, 2.45) is 0 Å². The molecule has 0 aliphatic rings. The summed E-state index contributed by atoms with van der Waals surface area (Å²) in [7, 11) is 0. The number of non-ortho nitro benzene ring substituents is 1. The molecule has 0 saturated carbocycles. The third-order valence-corrected chi connectivity index (χ3v) is 2.92. The zero-order valence-electron chi connectivity index (χ0n) is 11.3. The van der Waals surface area contributed by atoms with Gasteiger partial charge in [-0.1, -0.05) is 13.3 Å². The summed E-state index contributed by atoms with van der Waals surface area (Å²) in [6.45, 7) is 5.20. The Hall–Kier alpha value is -2.11. The average Bonchev–Trinajstić information content (AvgIpc) is 2.27. The fourth-order valence-electron chi connectivity index (χ4n) is 1.98. The lowest BCUT2D eigenvalue weighted by Crippen LogP contribution is -2.43. The molecule has 0 aliphatic carbocycles. The third-order valence-electron chi connectivity index (χ3n) is 2.92. The van der Waals surface area contributed by atoms with Crippen molar-refractivity contribution in [1.29, 1.82) is 0 Å². The Bertz CT molecular complexity index is 501. The van der Waals surface area contributed by atoms with Crippen LogP contribution in [0, 0.1) is 17.0 Å². The number of hydrogen-bond acceptors (Lipinski definition) is 4. The monoisotopic (exact) mass is 266 g/mol. The lowest BCUT2D eigenvalue weighted by atomic mass is 9.95. The number of nitrogens with zero attached hydrogens (tertiary/aromatic N) is 1. The summed E-state index contributed by atoms with van der Waals surface area (Å²) in [5.74, 6) is -0.974. The van der Waals surface area contributed by atoms with Gasteiger partial charge < -0.3 is 10.4 Å². The Labute approximate surface area is 111 Å². The van der Waals surface area contributed by atoms with E-state index in [1.165, 1.54) is 12.1 Å². The summed E-state index contributed by atoms with van der Waals surface area (Å²) >= 11 is 0. The molecule has 6 nitrogen and oxygen atoms in total. The minimum absolute atomic E-state index is 0.0493. The number of nitro groups is 1. The molecule has 2 N–H and O–H groups in total. The minimum Gasteiger partial charge on any atom is -0.480 e. The van der Waals surface area contributed by atoms with Gasteiger partial charge >= 0.3 is 5.97 Å². The Morgan fingerprint density at radius 3 is 2.58 bits per heavy atom. The van der Waals surface area contributed by atoms with Crippen LogP contribution in [0.1, 0.15) is 32.3 Å². The largest absolute Gasteiger partial charge is 0.480 e. The van der Waals surface area contributed by atoms with Crippen molar-refractivity contribution < 1.29 is 14.8 Å². The first kappa shape index (κ1) is 14.9. The molecule has 0 heterocycles. The van der Waals surface area contributed by atoms with E-state index in [1.807, 2.05) is 6.92 Å². The maximum atomic E-state index is 11.3. The fraction of sp³-hybridized carbons (Fsp3) is 0.462. The topological polar surface area (TPSA) is 92.5 Å². The number of carbonyl (C=O) groups is 1. The van der Waals surface area contributed by atoms with Crippen LogP contribution in [0.2, 0.25) is 0 Å². The van der Waals surface area contributed by atoms with Crippen molar-refractivity contribution in [1.82, 2.24) is 0 Å². The molecule has 104 valence electrons. The second kappa shape index (κ2) is 5.69. The molecule has 6 heteroatoms. The van der Waals surface area contributed by atoms with Crippen molar-refractivity contribution in [3.8, 4) is 0 Å². The van der Waals surface area contributed by atoms with Gasteiger partial charge in [-0.05, 0) is 31.9 Å². The van der Waals surface area contributed by atoms with Crippen LogP contribution in [-0.2, 0) is 4.79 Å². The second-order valence-electron chi connectivity index (χ2n) is 4.83. The summed E-state index contributed by atoms with van der Waals surface area (Å²) in [5.41, 5.74) is -0.0196. The molecular formula is C13H18N2O4. The van der Waals surface area contributed by atoms with E-state index in [0.29, 0.717) is 24.1 Å². The van der Waals surface area contributed by atoms with Crippen LogP contribution in [0.15, 0.2) is 18.2 Å². The maximum absolute atomic E-state index is 11.3. The summed E-state index contributed by atoms with van der Waals surface area (Å²) in [4.78, 5) is 21.6. The van der Waals surface area contributed by atoms with Crippen LogP contribution >= 0.6 is 0 Å². The summed E-state index contributed by atoms with van der Waals surface area (Å²) in [6, 6.07) is 4.50. The standard InChI is InChI=1S/C13H18N2O4/c1-4-5-13(3,12(16)17)14-10-6-9(2)7-11(8-10)15(18)19/h6-8,14H,4-5H2,1-3H3,(H,16,17). The van der Waals surface area contributed by atoms with E-state index < -0.39 is 16.4 Å². The quantitative estimate of drug-likeness (QED) is 0.610. The Balaban J connectivity index is 3.09. The van der Waals surface area contributed by atoms with Crippen molar-refractivity contribution in [2.45, 2.75) is 39.2 Å². The fourth-order valence-corrected chi connectivity index (χ4v) is 1.98. The molecule has 0 fully saturated rings. The summed E-state index contributed by atoms with van der Waals surface area (Å²) in [6.07, 6.45) is 1.13. The summed E-state index contributed by atoms with van der Waals surface area (Å²) in [5, 5.41) is 23.0. The molecular weight excluding hydrogens is 248 g/mol. The first-order valence-corrected chi connectivity index (χ1v) is 6.06. The molecule has 0 spiro atoms. The summed E-state index contributed by atoms with van der Waals surface area (Å²) < 4.78 is 0. The Morgan fingerprint density at radius 2 is 2.11 bits per heavy atom. The molecule has 0 bridgehead atoms. The lowest BCUT2D eigenvalue weighted by Gasteiger charge is -2.27. The van der Waals surface area contributed by atoms with Crippen molar-refractivity contribution in [3.63, 3.8) is 0 Å². The lowest BCUT2D eigenvalue weighted by molar-refractivity contribution is -0.384. The SMILES string of the molecule is CCCC(C)(Nc1cc(C)cc([N+](=O)[O-])c1)C(=O)O. The molecule has 0 aliphatic heterocycles. The first-order valence-electron chi connectivity index (χ1n) is 6.06. The molecule has 1 aromatic carbocycles. The van der Waals surface area contributed by atoms with E-state index in [4.69, 9.17) is 0 Å². The molecule has 1 atom stereocenters.